The second kappa shape index (κ2) is 4.29. The van der Waals surface area contributed by atoms with E-state index in [1.165, 1.54) is 25.5 Å². The molecule has 0 radical (unpaired) electrons. The molecule has 2 rings (SSSR count). The second-order valence-electron chi connectivity index (χ2n) is 3.38. The quantitative estimate of drug-likeness (QED) is 0.601. The first kappa shape index (κ1) is 11.2. The molecule has 0 N–H and O–H groups in total. The van der Waals surface area contributed by atoms with E-state index in [4.69, 9.17) is 8.83 Å². The number of esters is 1. The van der Waals surface area contributed by atoms with Crippen LogP contribution in [0.4, 0.5) is 0 Å². The minimum absolute atomic E-state index is 0.00278. The predicted octanol–water partition coefficient (Wildman–Crippen LogP) is 2.20. The Morgan fingerprint density at radius 3 is 2.47 bits per heavy atom. The van der Waals surface area contributed by atoms with Crippen molar-refractivity contribution in [1.29, 1.82) is 0 Å². The summed E-state index contributed by atoms with van der Waals surface area (Å²) in [7, 11) is 1.24. The van der Waals surface area contributed by atoms with Crippen molar-refractivity contribution in [2.45, 2.75) is 6.92 Å². The molecule has 2 heterocycles. The number of carbonyl (C=O) groups excluding carboxylic acids is 2. The first-order valence-corrected chi connectivity index (χ1v) is 4.90. The fourth-order valence-corrected chi connectivity index (χ4v) is 1.42. The molecule has 2 aromatic heterocycles. The highest BCUT2D eigenvalue weighted by atomic mass is 16.5. The van der Waals surface area contributed by atoms with Crippen molar-refractivity contribution in [3.63, 3.8) is 0 Å². The van der Waals surface area contributed by atoms with Gasteiger partial charge in [-0.25, -0.2) is 4.79 Å². The maximum Gasteiger partial charge on any atom is 0.373 e. The van der Waals surface area contributed by atoms with Crippen LogP contribution >= 0.6 is 0 Å². The summed E-state index contributed by atoms with van der Waals surface area (Å²) in [5.74, 6) is -0.364. The van der Waals surface area contributed by atoms with Gasteiger partial charge in [0.05, 0.1) is 18.9 Å². The minimum Gasteiger partial charge on any atom is -0.469 e. The van der Waals surface area contributed by atoms with E-state index < -0.39 is 5.97 Å². The van der Waals surface area contributed by atoms with Crippen LogP contribution < -0.4 is 0 Å². The van der Waals surface area contributed by atoms with Gasteiger partial charge in [0, 0.05) is 0 Å². The Kier molecular flexibility index (Phi) is 2.82. The Morgan fingerprint density at radius 2 is 1.88 bits per heavy atom. The molecule has 0 spiro atoms. The fraction of sp³-hybridized carbons (Fsp3) is 0.167. The van der Waals surface area contributed by atoms with Gasteiger partial charge in [0.15, 0.2) is 5.76 Å². The van der Waals surface area contributed by atoms with Gasteiger partial charge in [-0.05, 0) is 25.1 Å². The molecule has 0 unspecified atom stereocenters. The number of furan rings is 2. The summed E-state index contributed by atoms with van der Waals surface area (Å²) in [6, 6.07) is 4.38. The van der Waals surface area contributed by atoms with Crippen molar-refractivity contribution in [1.82, 2.24) is 0 Å². The number of ketones is 1. The number of methoxy groups -OCH3 is 1. The van der Waals surface area contributed by atoms with Crippen LogP contribution in [0.1, 0.15) is 32.4 Å². The van der Waals surface area contributed by atoms with Crippen molar-refractivity contribution in [3.8, 4) is 0 Å². The average molecular weight is 234 g/mol. The molecule has 0 aliphatic heterocycles. The lowest BCUT2D eigenvalue weighted by Gasteiger charge is -1.95. The second-order valence-corrected chi connectivity index (χ2v) is 3.38. The Bertz CT molecular complexity index is 561. The third kappa shape index (κ3) is 1.99. The summed E-state index contributed by atoms with van der Waals surface area (Å²) >= 11 is 0. The first-order valence-electron chi connectivity index (χ1n) is 4.90. The molecule has 0 aromatic carbocycles. The Morgan fingerprint density at radius 1 is 1.18 bits per heavy atom. The number of hydrogen-bond donors (Lipinski definition) is 0. The molecule has 0 aliphatic carbocycles. The highest BCUT2D eigenvalue weighted by Gasteiger charge is 2.19. The Labute approximate surface area is 97.0 Å². The molecule has 5 heteroatoms. The molecule has 0 bridgehead atoms. The molecule has 2 aromatic rings. The normalized spacial score (nSPS) is 10.2. The third-order valence-electron chi connectivity index (χ3n) is 2.32. The highest BCUT2D eigenvalue weighted by Crippen LogP contribution is 2.17. The van der Waals surface area contributed by atoms with Gasteiger partial charge >= 0.3 is 5.97 Å². The van der Waals surface area contributed by atoms with Crippen LogP contribution in [0.25, 0.3) is 0 Å². The van der Waals surface area contributed by atoms with Crippen LogP contribution in [0.15, 0.2) is 33.3 Å². The van der Waals surface area contributed by atoms with E-state index >= 15 is 0 Å². The van der Waals surface area contributed by atoms with E-state index in [1.807, 2.05) is 0 Å². The van der Waals surface area contributed by atoms with Gasteiger partial charge in [-0.15, -0.1) is 0 Å². The number of carbonyl (C=O) groups is 2. The molecule has 0 fully saturated rings. The van der Waals surface area contributed by atoms with E-state index in [2.05, 4.69) is 4.74 Å². The first-order chi connectivity index (χ1) is 8.13. The van der Waals surface area contributed by atoms with E-state index in [0.29, 0.717) is 11.3 Å². The molecule has 0 aliphatic rings. The SMILES string of the molecule is COC(=O)c1ccc(C(=O)c2ccoc2C)o1. The Balaban J connectivity index is 2.30. The average Bonchev–Trinajstić information content (AvgIpc) is 2.95. The molecule has 88 valence electrons. The van der Waals surface area contributed by atoms with Crippen molar-refractivity contribution in [3.05, 3.63) is 47.3 Å². The maximum atomic E-state index is 11.9. The summed E-state index contributed by atoms with van der Waals surface area (Å²) in [5, 5.41) is 0. The van der Waals surface area contributed by atoms with Crippen LogP contribution in [0.2, 0.25) is 0 Å². The van der Waals surface area contributed by atoms with Crippen molar-refractivity contribution < 1.29 is 23.2 Å². The van der Waals surface area contributed by atoms with Gasteiger partial charge in [0.2, 0.25) is 11.5 Å². The number of rotatable bonds is 3. The summed E-state index contributed by atoms with van der Waals surface area (Å²) in [6.45, 7) is 1.68. The van der Waals surface area contributed by atoms with Crippen LogP contribution in [-0.4, -0.2) is 18.9 Å². The lowest BCUT2D eigenvalue weighted by molar-refractivity contribution is 0.0563. The number of aryl methyl sites for hydroxylation is 1. The highest BCUT2D eigenvalue weighted by molar-refractivity contribution is 6.08. The van der Waals surface area contributed by atoms with Crippen LogP contribution in [0.5, 0.6) is 0 Å². The van der Waals surface area contributed by atoms with Gasteiger partial charge in [0.1, 0.15) is 5.76 Å². The number of ether oxygens (including phenoxy) is 1. The van der Waals surface area contributed by atoms with Crippen LogP contribution in [-0.2, 0) is 4.74 Å². The molecule has 17 heavy (non-hydrogen) atoms. The van der Waals surface area contributed by atoms with E-state index in [0.717, 1.165) is 0 Å². The maximum absolute atomic E-state index is 11.9. The zero-order valence-corrected chi connectivity index (χ0v) is 9.35. The Hall–Kier alpha value is -2.30. The fourth-order valence-electron chi connectivity index (χ4n) is 1.42. The minimum atomic E-state index is -0.618. The van der Waals surface area contributed by atoms with E-state index in [9.17, 15) is 9.59 Å². The summed E-state index contributed by atoms with van der Waals surface area (Å²) < 4.78 is 14.6. The summed E-state index contributed by atoms with van der Waals surface area (Å²) in [4.78, 5) is 23.1. The molecule has 5 nitrogen and oxygen atoms in total. The standard InChI is InChI=1S/C12H10O5/c1-7-8(5-6-16-7)11(13)9-3-4-10(17-9)12(14)15-2/h3-6H,1-2H3. The zero-order chi connectivity index (χ0) is 12.4. The molecule has 0 saturated carbocycles. The van der Waals surface area contributed by atoms with Gasteiger partial charge in [-0.1, -0.05) is 0 Å². The smallest absolute Gasteiger partial charge is 0.373 e. The number of hydrogen-bond acceptors (Lipinski definition) is 5. The summed E-state index contributed by atoms with van der Waals surface area (Å²) in [5.41, 5.74) is 0.413. The van der Waals surface area contributed by atoms with Crippen molar-refractivity contribution in [2.75, 3.05) is 7.11 Å². The van der Waals surface area contributed by atoms with Gasteiger partial charge in [-0.2, -0.15) is 0 Å². The molecular formula is C12H10O5. The summed E-state index contributed by atoms with van der Waals surface area (Å²) in [6.07, 6.45) is 1.42. The van der Waals surface area contributed by atoms with Crippen molar-refractivity contribution >= 4 is 11.8 Å². The topological polar surface area (TPSA) is 69.7 Å². The predicted molar refractivity (Wildman–Crippen MR) is 56.9 cm³/mol. The third-order valence-corrected chi connectivity index (χ3v) is 2.32. The monoisotopic (exact) mass is 234 g/mol. The molecule has 0 saturated heterocycles. The molecule has 0 amide bonds. The van der Waals surface area contributed by atoms with E-state index in [1.54, 1.807) is 13.0 Å². The van der Waals surface area contributed by atoms with Gasteiger partial charge < -0.3 is 13.6 Å². The molecular weight excluding hydrogens is 224 g/mol. The largest absolute Gasteiger partial charge is 0.469 e. The lowest BCUT2D eigenvalue weighted by Crippen LogP contribution is -2.01. The zero-order valence-electron chi connectivity index (χ0n) is 9.35. The van der Waals surface area contributed by atoms with E-state index in [-0.39, 0.29) is 17.3 Å². The van der Waals surface area contributed by atoms with Gasteiger partial charge in [-0.3, -0.25) is 4.79 Å². The van der Waals surface area contributed by atoms with Crippen molar-refractivity contribution in [2.24, 2.45) is 0 Å². The molecule has 0 atom stereocenters. The van der Waals surface area contributed by atoms with Crippen LogP contribution in [0.3, 0.4) is 0 Å². The lowest BCUT2D eigenvalue weighted by atomic mass is 10.1. The van der Waals surface area contributed by atoms with Gasteiger partial charge in [0.25, 0.3) is 0 Å². The van der Waals surface area contributed by atoms with Crippen LogP contribution in [0, 0.1) is 6.92 Å².